The maximum Gasteiger partial charge on any atom is 0.488 e. The maximum atomic E-state index is 8.94. The Labute approximate surface area is 109 Å². The van der Waals surface area contributed by atoms with E-state index >= 15 is 0 Å². The molecule has 0 aliphatic rings. The minimum Gasteiger partial charge on any atom is -0.423 e. The molecule has 5 heteroatoms. The van der Waals surface area contributed by atoms with Crippen LogP contribution in [0.15, 0.2) is 30.3 Å². The zero-order valence-electron chi connectivity index (χ0n) is 11.2. The predicted octanol–water partition coefficient (Wildman–Crippen LogP) is 0.142. The highest BCUT2D eigenvalue weighted by Gasteiger charge is 2.15. The first kappa shape index (κ1) is 17.1. The SMILES string of the molecule is CC(C)(C)CC(O)CO.OB(O)c1ccccc1. The van der Waals surface area contributed by atoms with E-state index in [1.807, 2.05) is 26.8 Å². The molecular weight excluding hydrogens is 231 g/mol. The molecule has 0 heterocycles. The third kappa shape index (κ3) is 9.19. The van der Waals surface area contributed by atoms with Crippen molar-refractivity contribution < 1.29 is 20.3 Å². The van der Waals surface area contributed by atoms with Crippen molar-refractivity contribution in [2.75, 3.05) is 6.61 Å². The molecule has 0 saturated carbocycles. The van der Waals surface area contributed by atoms with Gasteiger partial charge in [0.2, 0.25) is 0 Å². The van der Waals surface area contributed by atoms with Crippen molar-refractivity contribution in [3.63, 3.8) is 0 Å². The fraction of sp³-hybridized carbons (Fsp3) is 0.538. The largest absolute Gasteiger partial charge is 0.488 e. The molecule has 0 radical (unpaired) electrons. The normalized spacial score (nSPS) is 12.4. The second-order valence-electron chi connectivity index (χ2n) is 5.39. The summed E-state index contributed by atoms with van der Waals surface area (Å²) in [5.74, 6) is 0. The van der Waals surface area contributed by atoms with E-state index in [4.69, 9.17) is 20.3 Å². The van der Waals surface area contributed by atoms with Crippen LogP contribution in [0.3, 0.4) is 0 Å². The first-order valence-electron chi connectivity index (χ1n) is 5.96. The summed E-state index contributed by atoms with van der Waals surface area (Å²) in [7, 11) is -1.34. The summed E-state index contributed by atoms with van der Waals surface area (Å²) in [6, 6.07) is 8.66. The summed E-state index contributed by atoms with van der Waals surface area (Å²) >= 11 is 0. The molecule has 1 rings (SSSR count). The molecule has 1 aromatic rings. The highest BCUT2D eigenvalue weighted by atomic mass is 16.4. The van der Waals surface area contributed by atoms with E-state index in [2.05, 4.69) is 0 Å². The molecule has 4 N–H and O–H groups in total. The van der Waals surface area contributed by atoms with Crippen molar-refractivity contribution in [1.29, 1.82) is 0 Å². The molecule has 102 valence electrons. The quantitative estimate of drug-likeness (QED) is 0.578. The zero-order valence-corrected chi connectivity index (χ0v) is 11.2. The van der Waals surface area contributed by atoms with Crippen molar-refractivity contribution in [1.82, 2.24) is 0 Å². The van der Waals surface area contributed by atoms with Gasteiger partial charge in [0.15, 0.2) is 0 Å². The van der Waals surface area contributed by atoms with E-state index in [1.165, 1.54) is 0 Å². The first-order valence-corrected chi connectivity index (χ1v) is 5.96. The highest BCUT2D eigenvalue weighted by molar-refractivity contribution is 6.58. The topological polar surface area (TPSA) is 80.9 Å². The van der Waals surface area contributed by atoms with Crippen molar-refractivity contribution >= 4 is 12.6 Å². The summed E-state index contributed by atoms with van der Waals surface area (Å²) in [5, 5.41) is 34.6. The Hall–Kier alpha value is -0.875. The van der Waals surface area contributed by atoms with Crippen LogP contribution in [0.5, 0.6) is 0 Å². The van der Waals surface area contributed by atoms with Gasteiger partial charge in [0, 0.05) is 0 Å². The lowest BCUT2D eigenvalue weighted by atomic mass is 9.81. The Bertz CT molecular complexity index is 309. The third-order valence-corrected chi connectivity index (χ3v) is 2.16. The number of rotatable bonds is 3. The van der Waals surface area contributed by atoms with E-state index in [0.717, 1.165) is 0 Å². The van der Waals surface area contributed by atoms with Crippen LogP contribution >= 0.6 is 0 Å². The van der Waals surface area contributed by atoms with Gasteiger partial charge in [0.25, 0.3) is 0 Å². The third-order valence-electron chi connectivity index (χ3n) is 2.16. The predicted molar refractivity (Wildman–Crippen MR) is 73.4 cm³/mol. The fourth-order valence-electron chi connectivity index (χ4n) is 1.40. The van der Waals surface area contributed by atoms with Gasteiger partial charge in [-0.15, -0.1) is 0 Å². The number of aliphatic hydroxyl groups is 2. The van der Waals surface area contributed by atoms with Gasteiger partial charge in [-0.3, -0.25) is 0 Å². The molecule has 0 spiro atoms. The molecule has 0 bridgehead atoms. The molecule has 0 aliphatic heterocycles. The van der Waals surface area contributed by atoms with Crippen LogP contribution in [0.4, 0.5) is 0 Å². The Morgan fingerprint density at radius 3 is 1.83 bits per heavy atom. The summed E-state index contributed by atoms with van der Waals surface area (Å²) in [6.07, 6.45) is 0.105. The van der Waals surface area contributed by atoms with E-state index in [0.29, 0.717) is 11.9 Å². The Balaban J connectivity index is 0.000000321. The molecule has 0 aromatic heterocycles. The lowest BCUT2D eigenvalue weighted by Gasteiger charge is -2.20. The summed E-state index contributed by atoms with van der Waals surface area (Å²) in [4.78, 5) is 0. The summed E-state index contributed by atoms with van der Waals surface area (Å²) in [5.41, 5.74) is 0.639. The average Bonchev–Trinajstić information content (AvgIpc) is 2.28. The van der Waals surface area contributed by atoms with E-state index in [1.54, 1.807) is 24.3 Å². The number of benzene rings is 1. The molecule has 0 aliphatic carbocycles. The summed E-state index contributed by atoms with van der Waals surface area (Å²) < 4.78 is 0. The Kier molecular flexibility index (Phi) is 7.86. The number of hydrogen-bond donors (Lipinski definition) is 4. The minimum atomic E-state index is -1.34. The van der Waals surface area contributed by atoms with Crippen molar-refractivity contribution in [2.45, 2.75) is 33.3 Å². The van der Waals surface area contributed by atoms with Crippen LogP contribution in [0.2, 0.25) is 0 Å². The molecular formula is C13H23BO4. The lowest BCUT2D eigenvalue weighted by molar-refractivity contribution is 0.0612. The Morgan fingerprint density at radius 1 is 1.11 bits per heavy atom. The molecule has 0 amide bonds. The molecule has 18 heavy (non-hydrogen) atoms. The Morgan fingerprint density at radius 2 is 1.61 bits per heavy atom. The van der Waals surface area contributed by atoms with Crippen LogP contribution in [0.1, 0.15) is 27.2 Å². The van der Waals surface area contributed by atoms with Crippen molar-refractivity contribution in [3.8, 4) is 0 Å². The molecule has 1 atom stereocenters. The molecule has 0 saturated heterocycles. The molecule has 1 aromatic carbocycles. The van der Waals surface area contributed by atoms with Gasteiger partial charge >= 0.3 is 7.12 Å². The minimum absolute atomic E-state index is 0.113. The smallest absolute Gasteiger partial charge is 0.423 e. The van der Waals surface area contributed by atoms with Gasteiger partial charge in [0.05, 0.1) is 12.7 Å². The summed E-state index contributed by atoms with van der Waals surface area (Å²) in [6.45, 7) is 5.97. The van der Waals surface area contributed by atoms with Gasteiger partial charge in [-0.2, -0.15) is 0 Å². The standard InChI is InChI=1S/C7H16O2.C6H7BO2/c1-7(2,3)4-6(9)5-8;8-7(9)6-4-2-1-3-5-6/h6,8-9H,4-5H2,1-3H3;1-5,8-9H. The van der Waals surface area contributed by atoms with Crippen LogP contribution in [0.25, 0.3) is 0 Å². The van der Waals surface area contributed by atoms with Crippen LogP contribution < -0.4 is 5.46 Å². The zero-order chi connectivity index (χ0) is 14.2. The van der Waals surface area contributed by atoms with Gasteiger partial charge in [-0.05, 0) is 17.3 Å². The number of hydrogen-bond acceptors (Lipinski definition) is 4. The van der Waals surface area contributed by atoms with Gasteiger partial charge in [-0.25, -0.2) is 0 Å². The second-order valence-corrected chi connectivity index (χ2v) is 5.39. The van der Waals surface area contributed by atoms with E-state index in [-0.39, 0.29) is 12.0 Å². The maximum absolute atomic E-state index is 8.94. The van der Waals surface area contributed by atoms with Crippen molar-refractivity contribution in [2.24, 2.45) is 5.41 Å². The first-order chi connectivity index (χ1) is 8.26. The monoisotopic (exact) mass is 254 g/mol. The van der Waals surface area contributed by atoms with Gasteiger partial charge in [0.1, 0.15) is 0 Å². The van der Waals surface area contributed by atoms with Gasteiger partial charge < -0.3 is 20.3 Å². The van der Waals surface area contributed by atoms with Crippen LogP contribution in [-0.4, -0.2) is 40.1 Å². The number of aliphatic hydroxyl groups excluding tert-OH is 2. The lowest BCUT2D eigenvalue weighted by Crippen LogP contribution is -2.29. The van der Waals surface area contributed by atoms with Gasteiger partial charge in [-0.1, -0.05) is 51.1 Å². The molecule has 0 fully saturated rings. The van der Waals surface area contributed by atoms with Crippen LogP contribution in [-0.2, 0) is 0 Å². The fourth-order valence-corrected chi connectivity index (χ4v) is 1.40. The highest BCUT2D eigenvalue weighted by Crippen LogP contribution is 2.20. The van der Waals surface area contributed by atoms with E-state index < -0.39 is 13.2 Å². The van der Waals surface area contributed by atoms with Crippen LogP contribution in [0, 0.1) is 5.41 Å². The average molecular weight is 254 g/mol. The second kappa shape index (κ2) is 8.27. The molecule has 4 nitrogen and oxygen atoms in total. The van der Waals surface area contributed by atoms with E-state index in [9.17, 15) is 0 Å². The molecule has 1 unspecified atom stereocenters. The van der Waals surface area contributed by atoms with Crippen molar-refractivity contribution in [3.05, 3.63) is 30.3 Å².